The van der Waals surface area contributed by atoms with Crippen LogP contribution in [0.2, 0.25) is 0 Å². The Morgan fingerprint density at radius 2 is 1.42 bits per heavy atom. The van der Waals surface area contributed by atoms with Crippen molar-refractivity contribution in [2.45, 2.75) is 33.9 Å². The number of Topliss-reactive ketones (excluding diaryl/α,β-unsaturated/α-hetero) is 1. The maximum absolute atomic E-state index is 12.5. The molecule has 0 N–H and O–H groups in total. The minimum Gasteiger partial charge on any atom is -0.294 e. The highest BCUT2D eigenvalue weighted by Crippen LogP contribution is 2.69. The van der Waals surface area contributed by atoms with Crippen LogP contribution < -0.4 is 0 Å². The van der Waals surface area contributed by atoms with Crippen molar-refractivity contribution < 1.29 is 18.0 Å². The topological polar surface area (TPSA) is 17.1 Å². The third-order valence-electron chi connectivity index (χ3n) is 4.78. The van der Waals surface area contributed by atoms with Crippen LogP contribution in [0.1, 0.15) is 43.6 Å². The van der Waals surface area contributed by atoms with Crippen molar-refractivity contribution in [3.05, 3.63) is 35.4 Å². The molecular weight excluding hydrogens is 253 g/mol. The summed E-state index contributed by atoms with van der Waals surface area (Å²) in [6, 6.07) is 4.48. The number of carbonyl (C=O) groups excluding carboxylic acids is 1. The van der Waals surface area contributed by atoms with Crippen LogP contribution in [0.15, 0.2) is 24.3 Å². The lowest BCUT2D eigenvalue weighted by Gasteiger charge is -2.07. The van der Waals surface area contributed by atoms with Gasteiger partial charge in [0.05, 0.1) is 5.56 Å². The first kappa shape index (κ1) is 14.1. The van der Waals surface area contributed by atoms with Gasteiger partial charge >= 0.3 is 6.18 Å². The van der Waals surface area contributed by atoms with E-state index in [2.05, 4.69) is 0 Å². The van der Waals surface area contributed by atoms with Crippen molar-refractivity contribution in [3.63, 3.8) is 0 Å². The lowest BCUT2D eigenvalue weighted by atomic mass is 10.00. The summed E-state index contributed by atoms with van der Waals surface area (Å²) in [5.74, 6) is -0.194. The molecule has 1 fully saturated rings. The highest BCUT2D eigenvalue weighted by atomic mass is 19.4. The van der Waals surface area contributed by atoms with Crippen LogP contribution in [0.5, 0.6) is 0 Å². The lowest BCUT2D eigenvalue weighted by molar-refractivity contribution is -0.137. The molecule has 1 nitrogen and oxygen atoms in total. The van der Waals surface area contributed by atoms with Gasteiger partial charge in [-0.15, -0.1) is 0 Å². The molecule has 0 radical (unpaired) electrons. The van der Waals surface area contributed by atoms with Crippen LogP contribution in [-0.4, -0.2) is 5.78 Å². The van der Waals surface area contributed by atoms with E-state index < -0.39 is 11.7 Å². The van der Waals surface area contributed by atoms with E-state index in [0.717, 1.165) is 12.1 Å². The van der Waals surface area contributed by atoms with Gasteiger partial charge in [0.25, 0.3) is 0 Å². The van der Waals surface area contributed by atoms with Gasteiger partial charge in [-0.25, -0.2) is 0 Å². The molecule has 0 atom stereocenters. The summed E-state index contributed by atoms with van der Waals surface area (Å²) >= 11 is 0. The fourth-order valence-electron chi connectivity index (χ4n) is 2.84. The number of carbonyl (C=O) groups is 1. The number of benzene rings is 1. The minimum atomic E-state index is -4.36. The molecule has 0 unspecified atom stereocenters. The molecule has 0 saturated heterocycles. The Kier molecular flexibility index (Phi) is 2.85. The van der Waals surface area contributed by atoms with Crippen molar-refractivity contribution in [2.24, 2.45) is 16.7 Å². The maximum Gasteiger partial charge on any atom is 0.416 e. The number of rotatable bonds is 2. The highest BCUT2D eigenvalue weighted by Gasteiger charge is 2.67. The molecule has 0 aromatic heterocycles. The highest BCUT2D eigenvalue weighted by molar-refractivity contribution is 6.01. The number of alkyl halides is 3. The smallest absolute Gasteiger partial charge is 0.294 e. The predicted molar refractivity (Wildman–Crippen MR) is 66.8 cm³/mol. The van der Waals surface area contributed by atoms with E-state index in [9.17, 15) is 18.0 Å². The second kappa shape index (κ2) is 3.84. The average molecular weight is 270 g/mol. The van der Waals surface area contributed by atoms with Gasteiger partial charge in [0.1, 0.15) is 0 Å². The van der Waals surface area contributed by atoms with E-state index in [0.29, 0.717) is 5.56 Å². The number of hydrogen-bond acceptors (Lipinski definition) is 1. The minimum absolute atomic E-state index is 0.0660. The average Bonchev–Trinajstić information content (AvgIpc) is 2.67. The van der Waals surface area contributed by atoms with E-state index >= 15 is 0 Å². The summed E-state index contributed by atoms with van der Waals surface area (Å²) < 4.78 is 37.4. The molecule has 0 spiro atoms. The standard InChI is InChI=1S/C15H17F3O/c1-13(2)12(14(13,3)4)11(19)9-5-7-10(8-6-9)15(16,17)18/h5-8,12H,1-4H3. The molecule has 1 aliphatic carbocycles. The fourth-order valence-corrected chi connectivity index (χ4v) is 2.84. The molecule has 104 valence electrons. The van der Waals surface area contributed by atoms with Crippen molar-refractivity contribution in [3.8, 4) is 0 Å². The van der Waals surface area contributed by atoms with E-state index in [1.807, 2.05) is 27.7 Å². The van der Waals surface area contributed by atoms with Gasteiger partial charge in [-0.2, -0.15) is 13.2 Å². The Hall–Kier alpha value is -1.32. The van der Waals surface area contributed by atoms with E-state index in [-0.39, 0.29) is 22.5 Å². The first-order valence-corrected chi connectivity index (χ1v) is 6.21. The van der Waals surface area contributed by atoms with Crippen molar-refractivity contribution in [1.29, 1.82) is 0 Å². The van der Waals surface area contributed by atoms with Gasteiger partial charge in [-0.05, 0) is 23.0 Å². The van der Waals surface area contributed by atoms with Gasteiger partial charge in [0, 0.05) is 11.5 Å². The quantitative estimate of drug-likeness (QED) is 0.719. The van der Waals surface area contributed by atoms with E-state index in [4.69, 9.17) is 0 Å². The summed E-state index contributed by atoms with van der Waals surface area (Å²) in [5, 5.41) is 0. The summed E-state index contributed by atoms with van der Waals surface area (Å²) in [6.45, 7) is 8.05. The van der Waals surface area contributed by atoms with Gasteiger partial charge in [-0.1, -0.05) is 39.8 Å². The molecule has 0 aliphatic heterocycles. The van der Waals surface area contributed by atoms with Gasteiger partial charge in [0.15, 0.2) is 5.78 Å². The van der Waals surface area contributed by atoms with E-state index in [1.165, 1.54) is 12.1 Å². The predicted octanol–water partition coefficient (Wildman–Crippen LogP) is 4.57. The monoisotopic (exact) mass is 270 g/mol. The van der Waals surface area contributed by atoms with Crippen molar-refractivity contribution in [2.75, 3.05) is 0 Å². The van der Waals surface area contributed by atoms with Crippen molar-refractivity contribution >= 4 is 5.78 Å². The Bertz CT molecular complexity index is 495. The first-order valence-electron chi connectivity index (χ1n) is 6.21. The van der Waals surface area contributed by atoms with Crippen LogP contribution in [-0.2, 0) is 6.18 Å². The zero-order chi connectivity index (χ0) is 14.6. The SMILES string of the molecule is CC1(C)C(C(=O)c2ccc(C(F)(F)F)cc2)C1(C)C. The zero-order valence-electron chi connectivity index (χ0n) is 11.4. The molecule has 1 aromatic rings. The lowest BCUT2D eigenvalue weighted by Crippen LogP contribution is -2.09. The summed E-state index contributed by atoms with van der Waals surface area (Å²) in [7, 11) is 0. The Labute approximate surface area is 110 Å². The van der Waals surface area contributed by atoms with Crippen LogP contribution in [0.25, 0.3) is 0 Å². The molecule has 4 heteroatoms. The molecule has 1 aromatic carbocycles. The van der Waals surface area contributed by atoms with Gasteiger partial charge in [0.2, 0.25) is 0 Å². The summed E-state index contributed by atoms with van der Waals surface area (Å²) in [5.41, 5.74) is -0.574. The molecule has 0 amide bonds. The molecule has 2 rings (SSSR count). The Balaban J connectivity index is 2.24. The van der Waals surface area contributed by atoms with Gasteiger partial charge in [-0.3, -0.25) is 4.79 Å². The van der Waals surface area contributed by atoms with Crippen LogP contribution in [0, 0.1) is 16.7 Å². The molecule has 1 aliphatic rings. The van der Waals surface area contributed by atoms with Gasteiger partial charge < -0.3 is 0 Å². The Morgan fingerprint density at radius 3 is 1.74 bits per heavy atom. The summed E-state index contributed by atoms with van der Waals surface area (Å²) in [4.78, 5) is 12.3. The molecule has 19 heavy (non-hydrogen) atoms. The second-order valence-corrected chi connectivity index (χ2v) is 6.32. The number of ketones is 1. The third-order valence-corrected chi connectivity index (χ3v) is 4.78. The van der Waals surface area contributed by atoms with Crippen LogP contribution in [0.4, 0.5) is 13.2 Å². The number of halogens is 3. The largest absolute Gasteiger partial charge is 0.416 e. The second-order valence-electron chi connectivity index (χ2n) is 6.32. The molecule has 1 saturated carbocycles. The van der Waals surface area contributed by atoms with E-state index in [1.54, 1.807) is 0 Å². The molecule has 0 bridgehead atoms. The third kappa shape index (κ3) is 2.07. The fraction of sp³-hybridized carbons (Fsp3) is 0.533. The maximum atomic E-state index is 12.5. The Morgan fingerprint density at radius 1 is 1.00 bits per heavy atom. The van der Waals surface area contributed by atoms with Crippen LogP contribution >= 0.6 is 0 Å². The first-order chi connectivity index (χ1) is 8.49. The molecule has 0 heterocycles. The molecular formula is C15H17F3O. The zero-order valence-corrected chi connectivity index (χ0v) is 11.4. The summed E-state index contributed by atoms with van der Waals surface area (Å²) in [6.07, 6.45) is -4.36. The van der Waals surface area contributed by atoms with Crippen LogP contribution in [0.3, 0.4) is 0 Å². The van der Waals surface area contributed by atoms with Crippen molar-refractivity contribution in [1.82, 2.24) is 0 Å². The number of hydrogen-bond donors (Lipinski definition) is 0. The normalized spacial score (nSPS) is 21.2.